The summed E-state index contributed by atoms with van der Waals surface area (Å²) in [5.41, 5.74) is -1.60. The number of aromatic nitrogens is 4. The fraction of sp³-hybridized carbons (Fsp3) is 0.516. The van der Waals surface area contributed by atoms with E-state index in [1.807, 2.05) is 4.90 Å². The number of imidazole rings is 1. The molecule has 3 N–H and O–H groups in total. The second kappa shape index (κ2) is 12.2. The van der Waals surface area contributed by atoms with Crippen molar-refractivity contribution < 1.29 is 33.0 Å². The molecular weight excluding hydrogens is 599 g/mol. The summed E-state index contributed by atoms with van der Waals surface area (Å²) in [6.07, 6.45) is 3.66. The van der Waals surface area contributed by atoms with Crippen LogP contribution in [0.5, 0.6) is 0 Å². The number of alkyl carbamates (subject to hydrolysis) is 1. The molecule has 1 aliphatic heterocycles. The molecule has 3 amide bonds. The summed E-state index contributed by atoms with van der Waals surface area (Å²) < 4.78 is 27.5. The molecule has 3 heterocycles. The highest BCUT2D eigenvalue weighted by atomic mass is 19.1. The van der Waals surface area contributed by atoms with Crippen LogP contribution in [0, 0.1) is 5.82 Å². The van der Waals surface area contributed by atoms with Crippen molar-refractivity contribution in [2.75, 3.05) is 23.3 Å². The monoisotopic (exact) mass is 638 g/mol. The number of nitrogens with one attached hydrogen (secondary N) is 3. The van der Waals surface area contributed by atoms with Crippen LogP contribution in [-0.2, 0) is 20.8 Å². The molecule has 1 atom stereocenters. The van der Waals surface area contributed by atoms with E-state index in [2.05, 4.69) is 30.9 Å². The summed E-state index contributed by atoms with van der Waals surface area (Å²) in [5.74, 6) is -0.929. The SMILES string of the molecule is CC(C)(C)OC(=O)Nc1ncnc2c1ncn2Cc1c(N2CC[C@](NC(=O)OC(C)(C)C)(C(=O)NC3CC3)C2)ccc(F)c1C=O. The predicted octanol–water partition coefficient (Wildman–Crippen LogP) is 3.93. The van der Waals surface area contributed by atoms with Crippen molar-refractivity contribution in [2.45, 2.75) is 90.1 Å². The first-order valence-electron chi connectivity index (χ1n) is 15.1. The third-order valence-corrected chi connectivity index (χ3v) is 7.44. The summed E-state index contributed by atoms with van der Waals surface area (Å²) in [6, 6.07) is 2.79. The van der Waals surface area contributed by atoms with Crippen LogP contribution in [0.4, 0.5) is 25.5 Å². The Balaban J connectivity index is 1.46. The lowest BCUT2D eigenvalue weighted by Gasteiger charge is -2.31. The number of hydrogen-bond donors (Lipinski definition) is 3. The standard InChI is InChI=1S/C31H39FN8O6/c1-29(2,3)45-27(43)37-24-23-25(34-16-33-24)40(17-35-23)13-19-20(14-41)21(32)9-10-22(19)39-12-11-31(15-39,26(42)36-18-7-8-18)38-28(44)46-30(4,5)6/h9-10,14,16-18H,7-8,11-13,15H2,1-6H3,(H,36,42)(H,38,44)(H,33,34,37,43)/t31-/m1/s1. The van der Waals surface area contributed by atoms with Crippen LogP contribution < -0.4 is 20.9 Å². The van der Waals surface area contributed by atoms with Gasteiger partial charge >= 0.3 is 12.2 Å². The summed E-state index contributed by atoms with van der Waals surface area (Å²) in [4.78, 5) is 65.7. The lowest BCUT2D eigenvalue weighted by atomic mass is 9.97. The zero-order valence-corrected chi connectivity index (χ0v) is 26.8. The molecule has 1 saturated heterocycles. The largest absolute Gasteiger partial charge is 0.444 e. The maximum absolute atomic E-state index is 15.1. The molecule has 0 bridgehead atoms. The van der Waals surface area contributed by atoms with Gasteiger partial charge in [-0.2, -0.15) is 0 Å². The van der Waals surface area contributed by atoms with E-state index in [1.165, 1.54) is 18.7 Å². The zero-order valence-electron chi connectivity index (χ0n) is 26.8. The number of amides is 3. The van der Waals surface area contributed by atoms with Crippen LogP contribution in [0.15, 0.2) is 24.8 Å². The first-order chi connectivity index (χ1) is 21.6. The van der Waals surface area contributed by atoms with Gasteiger partial charge in [0.15, 0.2) is 23.3 Å². The van der Waals surface area contributed by atoms with Crippen molar-refractivity contribution >= 4 is 47.0 Å². The van der Waals surface area contributed by atoms with Crippen LogP contribution >= 0.6 is 0 Å². The van der Waals surface area contributed by atoms with Crippen molar-refractivity contribution in [3.05, 3.63) is 41.7 Å². The molecule has 3 aromatic rings. The van der Waals surface area contributed by atoms with Gasteiger partial charge in [-0.15, -0.1) is 0 Å². The van der Waals surface area contributed by atoms with Crippen molar-refractivity contribution in [3.63, 3.8) is 0 Å². The molecule has 0 unspecified atom stereocenters. The van der Waals surface area contributed by atoms with Crippen LogP contribution in [0.25, 0.3) is 11.2 Å². The molecule has 246 valence electrons. The lowest BCUT2D eigenvalue weighted by molar-refractivity contribution is -0.127. The van der Waals surface area contributed by atoms with Gasteiger partial charge in [0.2, 0.25) is 5.91 Å². The molecule has 2 fully saturated rings. The van der Waals surface area contributed by atoms with E-state index in [1.54, 1.807) is 52.2 Å². The molecule has 46 heavy (non-hydrogen) atoms. The number of carbonyl (C=O) groups excluding carboxylic acids is 4. The van der Waals surface area contributed by atoms with E-state index < -0.39 is 34.7 Å². The van der Waals surface area contributed by atoms with E-state index in [4.69, 9.17) is 9.47 Å². The van der Waals surface area contributed by atoms with Crippen molar-refractivity contribution in [3.8, 4) is 0 Å². The second-order valence-corrected chi connectivity index (χ2v) is 13.6. The number of halogens is 1. The predicted molar refractivity (Wildman–Crippen MR) is 166 cm³/mol. The number of rotatable bonds is 8. The highest BCUT2D eigenvalue weighted by Gasteiger charge is 2.48. The molecular formula is C31H39FN8O6. The first kappa shape index (κ1) is 32.6. The van der Waals surface area contributed by atoms with Gasteiger partial charge in [-0.3, -0.25) is 14.9 Å². The Morgan fingerprint density at radius 1 is 1.04 bits per heavy atom. The number of nitrogens with zero attached hydrogens (tertiary/aromatic N) is 5. The van der Waals surface area contributed by atoms with Gasteiger partial charge in [-0.05, 0) is 72.9 Å². The molecule has 1 aromatic carbocycles. The maximum Gasteiger partial charge on any atom is 0.413 e. The molecule has 2 aliphatic rings. The minimum Gasteiger partial charge on any atom is -0.444 e. The van der Waals surface area contributed by atoms with Crippen LogP contribution in [0.3, 0.4) is 0 Å². The quantitative estimate of drug-likeness (QED) is 0.307. The Morgan fingerprint density at radius 2 is 1.74 bits per heavy atom. The van der Waals surface area contributed by atoms with Crippen LogP contribution in [-0.4, -0.2) is 79.8 Å². The fourth-order valence-electron chi connectivity index (χ4n) is 5.28. The molecule has 1 saturated carbocycles. The number of aldehydes is 1. The van der Waals surface area contributed by atoms with Crippen molar-refractivity contribution in [1.29, 1.82) is 0 Å². The molecule has 15 heteroatoms. The summed E-state index contributed by atoms with van der Waals surface area (Å²) in [7, 11) is 0. The maximum atomic E-state index is 15.1. The molecule has 0 radical (unpaired) electrons. The highest BCUT2D eigenvalue weighted by Crippen LogP contribution is 2.34. The summed E-state index contributed by atoms with van der Waals surface area (Å²) in [6.45, 7) is 10.7. The molecule has 14 nitrogen and oxygen atoms in total. The number of carbonyl (C=O) groups is 4. The van der Waals surface area contributed by atoms with Gasteiger partial charge in [0.05, 0.1) is 25.0 Å². The topological polar surface area (TPSA) is 170 Å². The minimum absolute atomic E-state index is 0.0299. The number of ether oxygens (including phenoxy) is 2. The van der Waals surface area contributed by atoms with E-state index in [-0.39, 0.29) is 48.4 Å². The molecule has 0 spiro atoms. The number of benzene rings is 1. The Kier molecular flexibility index (Phi) is 8.62. The van der Waals surface area contributed by atoms with Gasteiger partial charge in [0, 0.05) is 23.8 Å². The van der Waals surface area contributed by atoms with Gasteiger partial charge in [-0.1, -0.05) is 0 Å². The average Bonchev–Trinajstić information content (AvgIpc) is 3.50. The smallest absolute Gasteiger partial charge is 0.413 e. The zero-order chi connectivity index (χ0) is 33.4. The van der Waals surface area contributed by atoms with Crippen molar-refractivity contribution in [1.82, 2.24) is 30.2 Å². The van der Waals surface area contributed by atoms with Gasteiger partial charge < -0.3 is 29.6 Å². The summed E-state index contributed by atoms with van der Waals surface area (Å²) >= 11 is 0. The van der Waals surface area contributed by atoms with Gasteiger partial charge in [0.25, 0.3) is 0 Å². The van der Waals surface area contributed by atoms with E-state index in [0.717, 1.165) is 12.8 Å². The Bertz CT molecular complexity index is 1680. The first-order valence-corrected chi connectivity index (χ1v) is 15.1. The van der Waals surface area contributed by atoms with Crippen molar-refractivity contribution in [2.24, 2.45) is 0 Å². The van der Waals surface area contributed by atoms with Crippen LogP contribution in [0.2, 0.25) is 0 Å². The Hall–Kier alpha value is -4.82. The third kappa shape index (κ3) is 7.35. The number of anilines is 2. The van der Waals surface area contributed by atoms with E-state index in [0.29, 0.717) is 29.7 Å². The third-order valence-electron chi connectivity index (χ3n) is 7.44. The minimum atomic E-state index is -1.32. The van der Waals surface area contributed by atoms with E-state index in [9.17, 15) is 19.2 Å². The Morgan fingerprint density at radius 3 is 2.39 bits per heavy atom. The summed E-state index contributed by atoms with van der Waals surface area (Å²) in [5, 5.41) is 8.38. The normalized spacial score (nSPS) is 18.3. The fourth-order valence-corrected chi connectivity index (χ4v) is 5.28. The van der Waals surface area contributed by atoms with Gasteiger partial charge in [-0.25, -0.2) is 28.9 Å². The van der Waals surface area contributed by atoms with Gasteiger partial charge in [0.1, 0.15) is 28.9 Å². The molecule has 2 aromatic heterocycles. The number of fused-ring (bicyclic) bond motifs is 1. The highest BCUT2D eigenvalue weighted by molar-refractivity contribution is 5.94. The lowest BCUT2D eigenvalue weighted by Crippen LogP contribution is -2.61. The second-order valence-electron chi connectivity index (χ2n) is 13.6. The average molecular weight is 639 g/mol. The van der Waals surface area contributed by atoms with Crippen LogP contribution in [0.1, 0.15) is 76.7 Å². The number of hydrogen-bond acceptors (Lipinski definition) is 10. The molecule has 5 rings (SSSR count). The van der Waals surface area contributed by atoms with E-state index >= 15 is 4.39 Å². The Labute approximate surface area is 265 Å². The molecule has 1 aliphatic carbocycles.